The van der Waals surface area contributed by atoms with Crippen LogP contribution in [0.2, 0.25) is 0 Å². The Hall–Kier alpha value is -0.380. The van der Waals surface area contributed by atoms with Gasteiger partial charge in [-0.1, -0.05) is 32.9 Å². The van der Waals surface area contributed by atoms with Crippen molar-refractivity contribution < 1.29 is 5.11 Å². The van der Waals surface area contributed by atoms with Gasteiger partial charge in [-0.3, -0.25) is 0 Å². The number of hydrogen-bond donors (Lipinski definition) is 3. The maximum absolute atomic E-state index is 10.4. The lowest BCUT2D eigenvalue weighted by Gasteiger charge is -2.43. The average molecular weight is 184 g/mol. The molecule has 1 aliphatic heterocycles. The fourth-order valence-electron chi connectivity index (χ4n) is 1.69. The summed E-state index contributed by atoms with van der Waals surface area (Å²) in [5, 5.41) is 13.6. The molecule has 0 aromatic rings. The highest BCUT2D eigenvalue weighted by Gasteiger charge is 2.45. The molecular weight excluding hydrogens is 164 g/mol. The van der Waals surface area contributed by atoms with Crippen LogP contribution in [0.5, 0.6) is 0 Å². The van der Waals surface area contributed by atoms with Gasteiger partial charge in [0.05, 0.1) is 6.04 Å². The third kappa shape index (κ3) is 1.77. The summed E-state index contributed by atoms with van der Waals surface area (Å²) in [6, 6.07) is -0.0162. The van der Waals surface area contributed by atoms with Gasteiger partial charge in [0.2, 0.25) is 0 Å². The lowest BCUT2D eigenvalue weighted by Crippen LogP contribution is -2.60. The van der Waals surface area contributed by atoms with Crippen LogP contribution >= 0.6 is 0 Å². The summed E-state index contributed by atoms with van der Waals surface area (Å²) >= 11 is 0. The average Bonchev–Trinajstić information content (AvgIpc) is 2.52. The van der Waals surface area contributed by atoms with E-state index in [0.29, 0.717) is 0 Å². The Morgan fingerprint density at radius 3 is 2.46 bits per heavy atom. The van der Waals surface area contributed by atoms with E-state index in [1.807, 2.05) is 32.9 Å². The quantitative estimate of drug-likeness (QED) is 0.539. The normalized spacial score (nSPS) is 27.6. The molecule has 3 nitrogen and oxygen atoms in total. The number of rotatable bonds is 2. The largest absolute Gasteiger partial charge is 0.386 e. The summed E-state index contributed by atoms with van der Waals surface area (Å²) in [6.07, 6.45) is 4.02. The van der Waals surface area contributed by atoms with Crippen LogP contribution in [0.3, 0.4) is 0 Å². The van der Waals surface area contributed by atoms with Crippen molar-refractivity contribution in [3.05, 3.63) is 12.2 Å². The lowest BCUT2D eigenvalue weighted by molar-refractivity contribution is -0.0648. The summed E-state index contributed by atoms with van der Waals surface area (Å²) in [5.74, 6) is 0. The van der Waals surface area contributed by atoms with Crippen molar-refractivity contribution in [1.29, 1.82) is 0 Å². The first-order valence-corrected chi connectivity index (χ1v) is 4.74. The van der Waals surface area contributed by atoms with Crippen LogP contribution in [0, 0.1) is 5.41 Å². The monoisotopic (exact) mass is 184 g/mol. The van der Waals surface area contributed by atoms with Crippen molar-refractivity contribution in [2.45, 2.75) is 32.4 Å². The molecule has 0 aliphatic carbocycles. The van der Waals surface area contributed by atoms with Crippen LogP contribution < -0.4 is 11.1 Å². The molecule has 0 aromatic heterocycles. The van der Waals surface area contributed by atoms with E-state index in [2.05, 4.69) is 5.32 Å². The van der Waals surface area contributed by atoms with E-state index >= 15 is 0 Å². The van der Waals surface area contributed by atoms with Crippen molar-refractivity contribution in [2.75, 3.05) is 13.1 Å². The molecule has 1 heterocycles. The molecule has 0 fully saturated rings. The number of aliphatic hydroxyl groups is 1. The highest BCUT2D eigenvalue weighted by atomic mass is 16.3. The molecule has 0 amide bonds. The topological polar surface area (TPSA) is 58.3 Å². The Bertz CT molecular complexity index is 207. The molecule has 2 unspecified atom stereocenters. The van der Waals surface area contributed by atoms with Crippen molar-refractivity contribution in [2.24, 2.45) is 11.1 Å². The second-order valence-corrected chi connectivity index (χ2v) is 4.69. The van der Waals surface area contributed by atoms with E-state index in [4.69, 9.17) is 5.73 Å². The summed E-state index contributed by atoms with van der Waals surface area (Å²) < 4.78 is 0. The van der Waals surface area contributed by atoms with Crippen LogP contribution in [0.1, 0.15) is 20.8 Å². The predicted molar refractivity (Wildman–Crippen MR) is 54.4 cm³/mol. The van der Waals surface area contributed by atoms with Gasteiger partial charge < -0.3 is 16.2 Å². The zero-order chi connectivity index (χ0) is 10.1. The highest BCUT2D eigenvalue weighted by molar-refractivity contribution is 5.14. The molecule has 0 saturated carbocycles. The summed E-state index contributed by atoms with van der Waals surface area (Å²) in [7, 11) is 0. The Morgan fingerprint density at radius 2 is 2.15 bits per heavy atom. The van der Waals surface area contributed by atoms with Crippen LogP contribution in [0.15, 0.2) is 12.2 Å². The first-order valence-electron chi connectivity index (χ1n) is 4.74. The minimum atomic E-state index is -0.861. The van der Waals surface area contributed by atoms with Crippen molar-refractivity contribution in [1.82, 2.24) is 5.32 Å². The van der Waals surface area contributed by atoms with Gasteiger partial charge in [-0.25, -0.2) is 0 Å². The molecule has 0 spiro atoms. The Kier molecular flexibility index (Phi) is 2.80. The van der Waals surface area contributed by atoms with Crippen LogP contribution in [0.4, 0.5) is 0 Å². The Morgan fingerprint density at radius 1 is 1.54 bits per heavy atom. The van der Waals surface area contributed by atoms with E-state index in [-0.39, 0.29) is 18.0 Å². The van der Waals surface area contributed by atoms with Gasteiger partial charge in [-0.2, -0.15) is 0 Å². The minimum absolute atomic E-state index is 0.0162. The zero-order valence-electron chi connectivity index (χ0n) is 8.67. The standard InChI is InChI=1S/C10H20N2O/c1-9(2,3)10(13,7-11)8-5-4-6-12-8/h4-5,8,12-13H,6-7,11H2,1-3H3. The van der Waals surface area contributed by atoms with Gasteiger partial charge in [0, 0.05) is 13.1 Å². The third-order valence-electron chi connectivity index (χ3n) is 2.91. The molecule has 1 aliphatic rings. The van der Waals surface area contributed by atoms with Crippen LogP contribution in [-0.4, -0.2) is 29.8 Å². The molecule has 4 N–H and O–H groups in total. The number of nitrogens with one attached hydrogen (secondary N) is 1. The fourth-order valence-corrected chi connectivity index (χ4v) is 1.69. The van der Waals surface area contributed by atoms with Gasteiger partial charge in [-0.15, -0.1) is 0 Å². The van der Waals surface area contributed by atoms with E-state index in [9.17, 15) is 5.11 Å². The first kappa shape index (κ1) is 10.7. The smallest absolute Gasteiger partial charge is 0.100 e. The molecule has 3 heteroatoms. The minimum Gasteiger partial charge on any atom is -0.386 e. The van der Waals surface area contributed by atoms with Gasteiger partial charge in [-0.05, 0) is 5.41 Å². The van der Waals surface area contributed by atoms with Gasteiger partial charge in [0.1, 0.15) is 5.60 Å². The molecule has 0 aromatic carbocycles. The molecule has 2 atom stereocenters. The number of nitrogens with two attached hydrogens (primary N) is 1. The molecule has 13 heavy (non-hydrogen) atoms. The molecule has 0 saturated heterocycles. The molecule has 0 bridgehead atoms. The second-order valence-electron chi connectivity index (χ2n) is 4.69. The van der Waals surface area contributed by atoms with Gasteiger partial charge in [0.15, 0.2) is 0 Å². The molecule has 76 valence electrons. The van der Waals surface area contributed by atoms with Gasteiger partial charge in [0.25, 0.3) is 0 Å². The molecule has 0 radical (unpaired) electrons. The lowest BCUT2D eigenvalue weighted by atomic mass is 9.72. The third-order valence-corrected chi connectivity index (χ3v) is 2.91. The maximum Gasteiger partial charge on any atom is 0.100 e. The van der Waals surface area contributed by atoms with Crippen LogP contribution in [0.25, 0.3) is 0 Å². The van der Waals surface area contributed by atoms with E-state index < -0.39 is 5.60 Å². The molecular formula is C10H20N2O. The summed E-state index contributed by atoms with van der Waals surface area (Å²) in [4.78, 5) is 0. The second kappa shape index (κ2) is 3.40. The fraction of sp³-hybridized carbons (Fsp3) is 0.800. The summed E-state index contributed by atoms with van der Waals surface area (Å²) in [6.45, 7) is 7.12. The van der Waals surface area contributed by atoms with Crippen molar-refractivity contribution in [3.63, 3.8) is 0 Å². The van der Waals surface area contributed by atoms with E-state index in [1.165, 1.54) is 0 Å². The maximum atomic E-state index is 10.4. The number of hydrogen-bond acceptors (Lipinski definition) is 3. The van der Waals surface area contributed by atoms with Crippen molar-refractivity contribution in [3.8, 4) is 0 Å². The zero-order valence-corrected chi connectivity index (χ0v) is 8.67. The van der Waals surface area contributed by atoms with E-state index in [1.54, 1.807) is 0 Å². The Labute approximate surface area is 80.0 Å². The Balaban J connectivity index is 2.86. The van der Waals surface area contributed by atoms with E-state index in [0.717, 1.165) is 6.54 Å². The summed E-state index contributed by atoms with van der Waals surface area (Å²) in [5.41, 5.74) is 4.57. The van der Waals surface area contributed by atoms with Crippen molar-refractivity contribution >= 4 is 0 Å². The SMILES string of the molecule is CC(C)(C)C(O)(CN)C1C=CCN1. The predicted octanol–water partition coefficient (Wildman–Crippen LogP) is 0.250. The molecule has 1 rings (SSSR count). The van der Waals surface area contributed by atoms with Crippen LogP contribution in [-0.2, 0) is 0 Å². The first-order chi connectivity index (χ1) is 5.92. The highest BCUT2D eigenvalue weighted by Crippen LogP contribution is 2.33. The van der Waals surface area contributed by atoms with Gasteiger partial charge >= 0.3 is 0 Å².